The first-order chi connectivity index (χ1) is 17.2. The highest BCUT2D eigenvalue weighted by molar-refractivity contribution is 7.89. The molecule has 190 valence electrons. The van der Waals surface area contributed by atoms with Crippen LogP contribution in [0.1, 0.15) is 10.4 Å². The number of nitrogens with zero attached hydrogens (tertiary/aromatic N) is 2. The molecular formula is C24H23ClFN3O5S2. The summed E-state index contributed by atoms with van der Waals surface area (Å²) in [4.78, 5) is 27.3. The number of rotatable bonds is 7. The number of methoxy groups -OCH3 is 1. The van der Waals surface area contributed by atoms with E-state index in [1.807, 2.05) is 4.90 Å². The molecule has 36 heavy (non-hydrogen) atoms. The number of sulfonamides is 1. The van der Waals surface area contributed by atoms with Gasteiger partial charge in [0.25, 0.3) is 0 Å². The summed E-state index contributed by atoms with van der Waals surface area (Å²) in [6.45, 7) is 1.24. The Morgan fingerprint density at radius 3 is 2.31 bits per heavy atom. The molecule has 8 nitrogen and oxygen atoms in total. The van der Waals surface area contributed by atoms with E-state index in [1.165, 1.54) is 59.2 Å². The van der Waals surface area contributed by atoms with E-state index in [1.54, 1.807) is 17.5 Å². The molecule has 12 heteroatoms. The van der Waals surface area contributed by atoms with Crippen LogP contribution in [0.4, 0.5) is 9.39 Å². The van der Waals surface area contributed by atoms with Crippen molar-refractivity contribution < 1.29 is 27.1 Å². The summed E-state index contributed by atoms with van der Waals surface area (Å²) >= 11 is 7.02. The van der Waals surface area contributed by atoms with E-state index in [-0.39, 0.29) is 36.0 Å². The molecule has 0 bridgehead atoms. The maximum atomic E-state index is 13.3. The Labute approximate surface area is 217 Å². The number of halogens is 2. The van der Waals surface area contributed by atoms with E-state index in [4.69, 9.17) is 16.3 Å². The van der Waals surface area contributed by atoms with Crippen LogP contribution in [0.15, 0.2) is 58.8 Å². The molecule has 0 unspecified atom stereocenters. The molecule has 4 rings (SSSR count). The lowest BCUT2D eigenvalue weighted by atomic mass is 10.0. The Kier molecular flexibility index (Phi) is 8.06. The minimum atomic E-state index is -3.65. The smallest absolute Gasteiger partial charge is 0.341 e. The average molecular weight is 552 g/mol. The zero-order chi connectivity index (χ0) is 25.9. The first-order valence-corrected chi connectivity index (χ1v) is 13.6. The van der Waals surface area contributed by atoms with Crippen LogP contribution in [0.2, 0.25) is 5.02 Å². The summed E-state index contributed by atoms with van der Waals surface area (Å²) in [6, 6.07) is 11.7. The van der Waals surface area contributed by atoms with Gasteiger partial charge < -0.3 is 10.1 Å². The number of hydrogen-bond acceptors (Lipinski definition) is 7. The van der Waals surface area contributed by atoms with E-state index in [0.717, 1.165) is 0 Å². The third-order valence-electron chi connectivity index (χ3n) is 5.74. The van der Waals surface area contributed by atoms with Crippen molar-refractivity contribution in [1.29, 1.82) is 0 Å². The molecule has 1 N–H and O–H groups in total. The van der Waals surface area contributed by atoms with Crippen molar-refractivity contribution in [3.05, 3.63) is 70.3 Å². The predicted octanol–water partition coefficient (Wildman–Crippen LogP) is 3.94. The van der Waals surface area contributed by atoms with E-state index in [0.29, 0.717) is 34.2 Å². The lowest BCUT2D eigenvalue weighted by Crippen LogP contribution is -2.50. The van der Waals surface area contributed by atoms with Gasteiger partial charge in [0.15, 0.2) is 0 Å². The van der Waals surface area contributed by atoms with Crippen LogP contribution in [0, 0.1) is 5.82 Å². The first kappa shape index (κ1) is 26.2. The van der Waals surface area contributed by atoms with Gasteiger partial charge in [-0.2, -0.15) is 4.31 Å². The van der Waals surface area contributed by atoms with Crippen molar-refractivity contribution >= 4 is 49.8 Å². The van der Waals surface area contributed by atoms with Crippen LogP contribution in [0.5, 0.6) is 0 Å². The Hall–Kier alpha value is -2.83. The van der Waals surface area contributed by atoms with Crippen LogP contribution in [-0.4, -0.2) is 69.3 Å². The van der Waals surface area contributed by atoms with Gasteiger partial charge in [0.05, 0.1) is 18.6 Å². The summed E-state index contributed by atoms with van der Waals surface area (Å²) in [5.74, 6) is -1.36. The highest BCUT2D eigenvalue weighted by atomic mass is 35.5. The lowest BCUT2D eigenvalue weighted by molar-refractivity contribution is -0.117. The molecule has 0 atom stereocenters. The maximum Gasteiger partial charge on any atom is 0.341 e. The summed E-state index contributed by atoms with van der Waals surface area (Å²) in [5, 5.41) is 5.25. The molecule has 0 spiro atoms. The zero-order valence-electron chi connectivity index (χ0n) is 19.2. The number of thiophene rings is 1. The summed E-state index contributed by atoms with van der Waals surface area (Å²) < 4.78 is 45.3. The summed E-state index contributed by atoms with van der Waals surface area (Å²) in [5.41, 5.74) is 1.34. The van der Waals surface area contributed by atoms with Crippen molar-refractivity contribution in [2.45, 2.75) is 4.90 Å². The van der Waals surface area contributed by atoms with Crippen molar-refractivity contribution in [2.75, 3.05) is 45.2 Å². The van der Waals surface area contributed by atoms with Gasteiger partial charge in [-0.25, -0.2) is 17.6 Å². The molecule has 0 radical (unpaired) electrons. The van der Waals surface area contributed by atoms with Gasteiger partial charge >= 0.3 is 5.97 Å². The van der Waals surface area contributed by atoms with Crippen molar-refractivity contribution in [3.8, 4) is 11.1 Å². The SMILES string of the molecule is COC(=O)c1c(-c2ccc(F)cc2)csc1NC(=O)CN1CCN(S(=O)(=O)c2ccc(Cl)cc2)CC1. The standard InChI is InChI=1S/C24H23ClFN3O5S2/c1-34-24(31)22-20(16-2-6-18(26)7-3-16)15-35-23(22)27-21(30)14-28-10-12-29(13-11-28)36(32,33)19-8-4-17(25)5-9-19/h2-9,15H,10-14H2,1H3,(H,27,30). The number of carbonyl (C=O) groups excluding carboxylic acids is 2. The van der Waals surface area contributed by atoms with E-state index in [2.05, 4.69) is 5.32 Å². The number of amides is 1. The second-order valence-corrected chi connectivity index (χ2v) is 11.3. The van der Waals surface area contributed by atoms with Crippen LogP contribution < -0.4 is 5.32 Å². The first-order valence-electron chi connectivity index (χ1n) is 10.9. The molecule has 1 fully saturated rings. The Bertz CT molecular complexity index is 1350. The molecule has 0 saturated carbocycles. The zero-order valence-corrected chi connectivity index (χ0v) is 21.6. The Morgan fingerprint density at radius 1 is 1.06 bits per heavy atom. The van der Waals surface area contributed by atoms with E-state index in [9.17, 15) is 22.4 Å². The molecule has 0 aliphatic carbocycles. The van der Waals surface area contributed by atoms with Crippen LogP contribution in [0.3, 0.4) is 0 Å². The predicted molar refractivity (Wildman–Crippen MR) is 136 cm³/mol. The maximum absolute atomic E-state index is 13.3. The summed E-state index contributed by atoms with van der Waals surface area (Å²) in [7, 11) is -2.40. The molecule has 1 saturated heterocycles. The van der Waals surface area contributed by atoms with Gasteiger partial charge in [-0.3, -0.25) is 9.69 Å². The van der Waals surface area contributed by atoms with Crippen LogP contribution in [-0.2, 0) is 19.6 Å². The van der Waals surface area contributed by atoms with E-state index < -0.39 is 21.8 Å². The van der Waals surface area contributed by atoms with Gasteiger partial charge in [-0.1, -0.05) is 23.7 Å². The molecule has 1 amide bonds. The van der Waals surface area contributed by atoms with Crippen molar-refractivity contribution in [1.82, 2.24) is 9.21 Å². The Balaban J connectivity index is 1.40. The highest BCUT2D eigenvalue weighted by Gasteiger charge is 2.29. The van der Waals surface area contributed by atoms with Crippen molar-refractivity contribution in [3.63, 3.8) is 0 Å². The van der Waals surface area contributed by atoms with Gasteiger partial charge in [0.1, 0.15) is 16.4 Å². The fraction of sp³-hybridized carbons (Fsp3) is 0.250. The van der Waals surface area contributed by atoms with E-state index >= 15 is 0 Å². The number of carbonyl (C=O) groups is 2. The number of benzene rings is 2. The third kappa shape index (κ3) is 5.76. The minimum absolute atomic E-state index is 0.0270. The molecule has 2 heterocycles. The van der Waals surface area contributed by atoms with Gasteiger partial charge in [-0.15, -0.1) is 11.3 Å². The minimum Gasteiger partial charge on any atom is -0.465 e. The second kappa shape index (κ2) is 11.1. The number of anilines is 1. The molecule has 3 aromatic rings. The van der Waals surface area contributed by atoms with Gasteiger partial charge in [0, 0.05) is 42.1 Å². The number of hydrogen-bond donors (Lipinski definition) is 1. The quantitative estimate of drug-likeness (QED) is 0.447. The third-order valence-corrected chi connectivity index (χ3v) is 8.80. The number of ether oxygens (including phenoxy) is 1. The fourth-order valence-corrected chi connectivity index (χ4v) is 6.37. The van der Waals surface area contributed by atoms with Crippen LogP contribution in [0.25, 0.3) is 11.1 Å². The van der Waals surface area contributed by atoms with Crippen LogP contribution >= 0.6 is 22.9 Å². The van der Waals surface area contributed by atoms with Crippen molar-refractivity contribution in [2.24, 2.45) is 0 Å². The molecule has 1 aliphatic heterocycles. The molecular weight excluding hydrogens is 529 g/mol. The fourth-order valence-electron chi connectivity index (χ4n) is 3.85. The Morgan fingerprint density at radius 2 is 1.69 bits per heavy atom. The number of nitrogens with one attached hydrogen (secondary N) is 1. The summed E-state index contributed by atoms with van der Waals surface area (Å²) in [6.07, 6.45) is 0. The molecule has 2 aromatic carbocycles. The highest BCUT2D eigenvalue weighted by Crippen LogP contribution is 2.36. The molecule has 1 aromatic heterocycles. The average Bonchev–Trinajstić information content (AvgIpc) is 3.27. The monoisotopic (exact) mass is 551 g/mol. The number of piperazine rings is 1. The largest absolute Gasteiger partial charge is 0.465 e. The molecule has 1 aliphatic rings. The second-order valence-electron chi connectivity index (χ2n) is 8.03. The van der Waals surface area contributed by atoms with Gasteiger partial charge in [0.2, 0.25) is 15.9 Å². The number of esters is 1. The van der Waals surface area contributed by atoms with Gasteiger partial charge in [-0.05, 0) is 42.0 Å². The topological polar surface area (TPSA) is 96.0 Å². The lowest BCUT2D eigenvalue weighted by Gasteiger charge is -2.33. The normalized spacial score (nSPS) is 15.0.